The number of unbranched alkanes of at least 4 members (excludes halogenated alkanes) is 4. The second-order valence-corrected chi connectivity index (χ2v) is 11.1. The Bertz CT molecular complexity index is 687. The zero-order valence-electron chi connectivity index (χ0n) is 21.5. The van der Waals surface area contributed by atoms with Gasteiger partial charge in [0, 0.05) is 0 Å². The van der Waals surface area contributed by atoms with Crippen LogP contribution in [0, 0.1) is 35.3 Å². The Kier molecular flexibility index (Phi) is 11.0. The third kappa shape index (κ3) is 7.43. The minimum absolute atomic E-state index is 0.0528. The average Bonchev–Trinajstić information content (AvgIpc) is 2.85. The predicted octanol–water partition coefficient (Wildman–Crippen LogP) is 9.83. The quantitative estimate of drug-likeness (QED) is 0.281. The van der Waals surface area contributed by atoms with E-state index < -0.39 is 11.6 Å². The minimum Gasteiger partial charge on any atom is -0.490 e. The summed E-state index contributed by atoms with van der Waals surface area (Å²) in [4.78, 5) is 0. The molecule has 2 aliphatic carbocycles. The second-order valence-electron chi connectivity index (χ2n) is 11.1. The van der Waals surface area contributed by atoms with Gasteiger partial charge in [-0.1, -0.05) is 78.2 Å². The van der Waals surface area contributed by atoms with Crippen molar-refractivity contribution in [3.05, 3.63) is 29.3 Å². The molecule has 33 heavy (non-hydrogen) atoms. The van der Waals surface area contributed by atoms with E-state index in [0.717, 1.165) is 55.8 Å². The van der Waals surface area contributed by atoms with E-state index in [1.54, 1.807) is 12.1 Å². The van der Waals surface area contributed by atoms with Crippen LogP contribution in [0.25, 0.3) is 0 Å². The fourth-order valence-electron chi connectivity index (χ4n) is 6.57. The molecule has 1 unspecified atom stereocenters. The highest BCUT2D eigenvalue weighted by Gasteiger charge is 2.33. The van der Waals surface area contributed by atoms with Crippen LogP contribution < -0.4 is 4.74 Å². The van der Waals surface area contributed by atoms with Gasteiger partial charge in [0.25, 0.3) is 0 Å². The van der Waals surface area contributed by atoms with E-state index >= 15 is 0 Å². The van der Waals surface area contributed by atoms with Gasteiger partial charge in [0.2, 0.25) is 5.82 Å². The van der Waals surface area contributed by atoms with Crippen molar-refractivity contribution in [1.82, 2.24) is 0 Å². The maximum Gasteiger partial charge on any atom is 0.200 e. The monoisotopic (exact) mass is 462 g/mol. The first-order valence-electron chi connectivity index (χ1n) is 14.2. The van der Waals surface area contributed by atoms with E-state index in [0.29, 0.717) is 12.2 Å². The molecule has 0 radical (unpaired) electrons. The molecule has 0 N–H and O–H groups in total. The number of hydrogen-bond donors (Lipinski definition) is 0. The van der Waals surface area contributed by atoms with Crippen LogP contribution >= 0.6 is 0 Å². The molecule has 0 saturated heterocycles. The highest BCUT2D eigenvalue weighted by molar-refractivity contribution is 5.33. The summed E-state index contributed by atoms with van der Waals surface area (Å²) in [5.41, 5.74) is 0.557. The molecule has 0 heterocycles. The van der Waals surface area contributed by atoms with Crippen LogP contribution in [0.3, 0.4) is 0 Å². The summed E-state index contributed by atoms with van der Waals surface area (Å²) in [6.45, 7) is 7.14. The maximum atomic E-state index is 14.8. The number of rotatable bonds is 12. The van der Waals surface area contributed by atoms with Gasteiger partial charge in [-0.05, 0) is 86.2 Å². The first-order chi connectivity index (χ1) is 16.0. The van der Waals surface area contributed by atoms with E-state index in [1.165, 1.54) is 64.2 Å². The molecule has 0 aromatic heterocycles. The summed E-state index contributed by atoms with van der Waals surface area (Å²) in [6, 6.07) is 3.39. The molecule has 1 atom stereocenters. The Balaban J connectivity index is 1.42. The second kappa shape index (κ2) is 13.7. The molecule has 1 nitrogen and oxygen atoms in total. The Morgan fingerprint density at radius 3 is 2.06 bits per heavy atom. The van der Waals surface area contributed by atoms with Gasteiger partial charge < -0.3 is 4.74 Å². The lowest BCUT2D eigenvalue weighted by Crippen LogP contribution is -2.28. The van der Waals surface area contributed by atoms with Gasteiger partial charge in [-0.25, -0.2) is 4.39 Å². The molecule has 0 aliphatic heterocycles. The van der Waals surface area contributed by atoms with Crippen molar-refractivity contribution in [2.45, 2.75) is 123 Å². The molecule has 0 bridgehead atoms. The van der Waals surface area contributed by atoms with E-state index in [4.69, 9.17) is 4.74 Å². The molecule has 2 saturated carbocycles. The number of hydrogen-bond acceptors (Lipinski definition) is 1. The molecule has 0 amide bonds. The molecule has 0 spiro atoms. The zero-order valence-corrected chi connectivity index (χ0v) is 21.5. The van der Waals surface area contributed by atoms with Gasteiger partial charge >= 0.3 is 0 Å². The van der Waals surface area contributed by atoms with E-state index in [1.807, 2.05) is 6.92 Å². The van der Waals surface area contributed by atoms with Crippen LogP contribution in [0.5, 0.6) is 5.75 Å². The Morgan fingerprint density at radius 1 is 0.788 bits per heavy atom. The molecule has 2 aliphatic rings. The highest BCUT2D eigenvalue weighted by Crippen LogP contribution is 2.45. The summed E-state index contributed by atoms with van der Waals surface area (Å²) in [5, 5.41) is 0. The first-order valence-corrected chi connectivity index (χ1v) is 14.2. The first kappa shape index (κ1) is 26.5. The normalized spacial score (nSPS) is 26.8. The molecule has 188 valence electrons. The zero-order chi connectivity index (χ0) is 23.6. The van der Waals surface area contributed by atoms with E-state index in [-0.39, 0.29) is 11.7 Å². The SMILES string of the molecule is CCCCCCCC1CCC(C(C)[C@H]2CC[C@H](c3ccc(OCCC)c(F)c3F)CC2)CC1. The lowest BCUT2D eigenvalue weighted by atomic mass is 9.66. The molecular weight excluding hydrogens is 414 g/mol. The van der Waals surface area contributed by atoms with Crippen LogP contribution in [0.1, 0.15) is 129 Å². The van der Waals surface area contributed by atoms with Gasteiger partial charge in [0.05, 0.1) is 6.61 Å². The third-order valence-corrected chi connectivity index (χ3v) is 8.84. The van der Waals surface area contributed by atoms with Crippen molar-refractivity contribution in [3.8, 4) is 5.75 Å². The Morgan fingerprint density at radius 2 is 1.42 bits per heavy atom. The van der Waals surface area contributed by atoms with Gasteiger partial charge in [0.15, 0.2) is 11.6 Å². The molecule has 3 heteroatoms. The lowest BCUT2D eigenvalue weighted by molar-refractivity contribution is 0.131. The van der Waals surface area contributed by atoms with Crippen LogP contribution in [0.4, 0.5) is 8.78 Å². The topological polar surface area (TPSA) is 9.23 Å². The van der Waals surface area contributed by atoms with Crippen LogP contribution in [0.15, 0.2) is 12.1 Å². The van der Waals surface area contributed by atoms with Gasteiger partial charge in [0.1, 0.15) is 0 Å². The summed E-state index contributed by atoms with van der Waals surface area (Å²) in [6.07, 6.45) is 19.1. The third-order valence-electron chi connectivity index (χ3n) is 8.84. The fraction of sp³-hybridized carbons (Fsp3) is 0.800. The van der Waals surface area contributed by atoms with Gasteiger partial charge in [-0.3, -0.25) is 0 Å². The van der Waals surface area contributed by atoms with Crippen LogP contribution in [-0.4, -0.2) is 6.61 Å². The number of ether oxygens (including phenoxy) is 1. The van der Waals surface area contributed by atoms with Crippen molar-refractivity contribution >= 4 is 0 Å². The summed E-state index contributed by atoms with van der Waals surface area (Å²) in [7, 11) is 0. The average molecular weight is 463 g/mol. The Labute approximate surface area is 202 Å². The Hall–Kier alpha value is -1.12. The summed E-state index contributed by atoms with van der Waals surface area (Å²) < 4.78 is 34.6. The smallest absolute Gasteiger partial charge is 0.200 e. The molecule has 2 fully saturated rings. The lowest BCUT2D eigenvalue weighted by Gasteiger charge is -2.39. The van der Waals surface area contributed by atoms with Crippen LogP contribution in [0.2, 0.25) is 0 Å². The molecule has 1 aromatic carbocycles. The number of halogens is 2. The summed E-state index contributed by atoms with van der Waals surface area (Å²) in [5.74, 6) is 2.05. The standard InChI is InChI=1S/C30H48F2O/c1-4-6-7-8-9-10-23-11-13-24(14-12-23)22(3)25-15-17-26(18-16-25)27-19-20-28(33-21-5-2)30(32)29(27)31/h19-20,22-26H,4-18,21H2,1-3H3/t22?,23?,24?,25-,26-. The highest BCUT2D eigenvalue weighted by atomic mass is 19.2. The van der Waals surface area contributed by atoms with Crippen molar-refractivity contribution in [3.63, 3.8) is 0 Å². The fourth-order valence-corrected chi connectivity index (χ4v) is 6.57. The molecule has 3 rings (SSSR count). The van der Waals surface area contributed by atoms with E-state index in [2.05, 4.69) is 13.8 Å². The minimum atomic E-state index is -0.807. The van der Waals surface area contributed by atoms with Gasteiger partial charge in [-0.15, -0.1) is 0 Å². The van der Waals surface area contributed by atoms with Crippen molar-refractivity contribution < 1.29 is 13.5 Å². The van der Waals surface area contributed by atoms with Crippen LogP contribution in [-0.2, 0) is 0 Å². The van der Waals surface area contributed by atoms with Crippen molar-refractivity contribution in [1.29, 1.82) is 0 Å². The van der Waals surface area contributed by atoms with E-state index in [9.17, 15) is 8.78 Å². The maximum absolute atomic E-state index is 14.8. The summed E-state index contributed by atoms with van der Waals surface area (Å²) >= 11 is 0. The number of benzene rings is 1. The molecule has 1 aromatic rings. The van der Waals surface area contributed by atoms with Gasteiger partial charge in [-0.2, -0.15) is 4.39 Å². The largest absolute Gasteiger partial charge is 0.490 e. The van der Waals surface area contributed by atoms with Crippen molar-refractivity contribution in [2.75, 3.05) is 6.61 Å². The molecular formula is C30H48F2O. The van der Waals surface area contributed by atoms with Crippen molar-refractivity contribution in [2.24, 2.45) is 23.7 Å². The predicted molar refractivity (Wildman–Crippen MR) is 135 cm³/mol.